The second-order valence-electron chi connectivity index (χ2n) is 4.26. The van der Waals surface area contributed by atoms with E-state index in [1.807, 2.05) is 18.7 Å². The number of thiazole rings is 1. The van der Waals surface area contributed by atoms with E-state index < -0.39 is 0 Å². The molecule has 0 bridgehead atoms. The predicted molar refractivity (Wildman–Crippen MR) is 68.6 cm³/mol. The Morgan fingerprint density at radius 3 is 2.93 bits per heavy atom. The number of nitrogens with two attached hydrogens (primary N) is 1. The Morgan fingerprint density at radius 1 is 1.53 bits per heavy atom. The molecule has 0 aromatic carbocycles. The lowest BCUT2D eigenvalue weighted by Crippen LogP contribution is -2.22. The molecule has 3 atom stereocenters. The Labute approximate surface area is 99.7 Å². The molecule has 1 aromatic heterocycles. The third-order valence-corrected chi connectivity index (χ3v) is 5.51. The van der Waals surface area contributed by atoms with Crippen molar-refractivity contribution in [3.63, 3.8) is 0 Å². The van der Waals surface area contributed by atoms with E-state index in [1.165, 1.54) is 29.3 Å². The van der Waals surface area contributed by atoms with E-state index in [-0.39, 0.29) is 6.04 Å². The van der Waals surface area contributed by atoms with Gasteiger partial charge in [-0.3, -0.25) is 0 Å². The minimum Gasteiger partial charge on any atom is -0.327 e. The number of aromatic nitrogens is 1. The summed E-state index contributed by atoms with van der Waals surface area (Å²) in [6.07, 6.45) is 2.64. The van der Waals surface area contributed by atoms with Gasteiger partial charge in [0, 0.05) is 17.3 Å². The van der Waals surface area contributed by atoms with E-state index >= 15 is 0 Å². The third kappa shape index (κ3) is 2.55. The number of nitrogens with zero attached hydrogens (tertiary/aromatic N) is 1. The van der Waals surface area contributed by atoms with Crippen molar-refractivity contribution in [2.24, 2.45) is 5.73 Å². The van der Waals surface area contributed by atoms with Gasteiger partial charge < -0.3 is 5.73 Å². The molecule has 0 radical (unpaired) electrons. The van der Waals surface area contributed by atoms with Crippen LogP contribution < -0.4 is 5.73 Å². The molecule has 4 heteroatoms. The van der Waals surface area contributed by atoms with Crippen LogP contribution in [0.1, 0.15) is 48.6 Å². The molecule has 1 aliphatic heterocycles. The monoisotopic (exact) mass is 242 g/mol. The lowest BCUT2D eigenvalue weighted by Gasteiger charge is -2.12. The van der Waals surface area contributed by atoms with Crippen LogP contribution in [-0.4, -0.2) is 16.8 Å². The third-order valence-electron chi connectivity index (χ3n) is 3.00. The first-order chi connectivity index (χ1) is 7.18. The van der Waals surface area contributed by atoms with Crippen molar-refractivity contribution in [1.82, 2.24) is 4.98 Å². The fourth-order valence-electron chi connectivity index (χ4n) is 1.70. The first-order valence-corrected chi connectivity index (χ1v) is 7.44. The van der Waals surface area contributed by atoms with E-state index in [4.69, 9.17) is 10.7 Å². The van der Waals surface area contributed by atoms with Gasteiger partial charge in [0.05, 0.1) is 10.9 Å². The number of rotatable bonds is 3. The molecule has 1 fully saturated rings. The molecule has 2 rings (SSSR count). The van der Waals surface area contributed by atoms with Crippen LogP contribution in [-0.2, 0) is 0 Å². The molecule has 0 aliphatic carbocycles. The summed E-state index contributed by atoms with van der Waals surface area (Å²) in [5, 5.41) is 4.14. The van der Waals surface area contributed by atoms with Crippen LogP contribution in [0.3, 0.4) is 0 Å². The van der Waals surface area contributed by atoms with Crippen LogP contribution in [0.5, 0.6) is 0 Å². The molecule has 0 spiro atoms. The SMILES string of the molecule is CC(N)C(C)c1csc(C2CCCS2)n1. The molecule has 2 nitrogen and oxygen atoms in total. The Bertz CT molecular complexity index is 300. The van der Waals surface area contributed by atoms with Crippen LogP contribution in [0.4, 0.5) is 0 Å². The molecule has 2 heterocycles. The summed E-state index contributed by atoms with van der Waals surface area (Å²) in [6.45, 7) is 4.21. The Kier molecular flexibility index (Phi) is 3.69. The lowest BCUT2D eigenvalue weighted by molar-refractivity contribution is 0.599. The maximum atomic E-state index is 5.89. The Hall–Kier alpha value is -0.0600. The van der Waals surface area contributed by atoms with Crippen molar-refractivity contribution >= 4 is 23.1 Å². The van der Waals surface area contributed by atoms with Crippen LogP contribution in [0.2, 0.25) is 0 Å². The molecule has 1 aromatic rings. The highest BCUT2D eigenvalue weighted by molar-refractivity contribution is 7.99. The highest BCUT2D eigenvalue weighted by Crippen LogP contribution is 2.41. The van der Waals surface area contributed by atoms with Gasteiger partial charge in [-0.1, -0.05) is 6.92 Å². The number of hydrogen-bond donors (Lipinski definition) is 1. The first-order valence-electron chi connectivity index (χ1n) is 5.51. The molecule has 1 aliphatic rings. The summed E-state index contributed by atoms with van der Waals surface area (Å²) in [4.78, 5) is 4.73. The number of hydrogen-bond acceptors (Lipinski definition) is 4. The predicted octanol–water partition coefficient (Wildman–Crippen LogP) is 3.16. The molecule has 2 N–H and O–H groups in total. The molecule has 0 saturated carbocycles. The fourth-order valence-corrected chi connectivity index (χ4v) is 4.15. The summed E-state index contributed by atoms with van der Waals surface area (Å²) in [5.74, 6) is 1.67. The molecule has 0 amide bonds. The second kappa shape index (κ2) is 4.85. The first kappa shape index (κ1) is 11.4. The lowest BCUT2D eigenvalue weighted by atomic mass is 10.0. The quantitative estimate of drug-likeness (QED) is 0.885. The molecular weight excluding hydrogens is 224 g/mol. The van der Waals surface area contributed by atoms with Gasteiger partial charge in [-0.05, 0) is 25.5 Å². The van der Waals surface area contributed by atoms with Gasteiger partial charge >= 0.3 is 0 Å². The largest absolute Gasteiger partial charge is 0.327 e. The number of thioether (sulfide) groups is 1. The van der Waals surface area contributed by atoms with Gasteiger partial charge in [0.15, 0.2) is 0 Å². The van der Waals surface area contributed by atoms with Gasteiger partial charge in [-0.2, -0.15) is 11.8 Å². The van der Waals surface area contributed by atoms with Crippen molar-refractivity contribution in [3.05, 3.63) is 16.1 Å². The van der Waals surface area contributed by atoms with E-state index in [2.05, 4.69) is 12.3 Å². The van der Waals surface area contributed by atoms with Crippen molar-refractivity contribution in [2.45, 2.75) is 43.9 Å². The van der Waals surface area contributed by atoms with Gasteiger partial charge in [-0.25, -0.2) is 4.98 Å². The van der Waals surface area contributed by atoms with Crippen molar-refractivity contribution < 1.29 is 0 Å². The minimum absolute atomic E-state index is 0.191. The van der Waals surface area contributed by atoms with Crippen LogP contribution in [0.25, 0.3) is 0 Å². The zero-order chi connectivity index (χ0) is 10.8. The maximum Gasteiger partial charge on any atom is 0.106 e. The molecule has 1 saturated heterocycles. The van der Waals surface area contributed by atoms with Gasteiger partial charge in [0.25, 0.3) is 0 Å². The summed E-state index contributed by atoms with van der Waals surface area (Å²) in [6, 6.07) is 0.191. The molecule has 3 unspecified atom stereocenters. The topological polar surface area (TPSA) is 38.9 Å². The van der Waals surface area contributed by atoms with Crippen molar-refractivity contribution in [1.29, 1.82) is 0 Å². The Balaban J connectivity index is 2.09. The normalized spacial score (nSPS) is 25.4. The summed E-state index contributed by atoms with van der Waals surface area (Å²) in [5.41, 5.74) is 7.07. The summed E-state index contributed by atoms with van der Waals surface area (Å²) >= 11 is 3.85. The van der Waals surface area contributed by atoms with E-state index in [9.17, 15) is 0 Å². The van der Waals surface area contributed by atoms with Crippen molar-refractivity contribution in [3.8, 4) is 0 Å². The average molecular weight is 242 g/mol. The average Bonchev–Trinajstić information content (AvgIpc) is 2.86. The van der Waals surface area contributed by atoms with Gasteiger partial charge in [0.2, 0.25) is 0 Å². The fraction of sp³-hybridized carbons (Fsp3) is 0.727. The van der Waals surface area contributed by atoms with Crippen LogP contribution >= 0.6 is 23.1 Å². The molecule has 15 heavy (non-hydrogen) atoms. The molecule has 84 valence electrons. The Morgan fingerprint density at radius 2 is 2.33 bits per heavy atom. The van der Waals surface area contributed by atoms with Crippen molar-refractivity contribution in [2.75, 3.05) is 5.75 Å². The smallest absolute Gasteiger partial charge is 0.106 e. The highest BCUT2D eigenvalue weighted by Gasteiger charge is 2.22. The second-order valence-corrected chi connectivity index (χ2v) is 6.46. The zero-order valence-corrected chi connectivity index (χ0v) is 10.9. The summed E-state index contributed by atoms with van der Waals surface area (Å²) in [7, 11) is 0. The molecular formula is C11H18N2S2. The van der Waals surface area contributed by atoms with Gasteiger partial charge in [-0.15, -0.1) is 11.3 Å². The zero-order valence-electron chi connectivity index (χ0n) is 9.27. The van der Waals surface area contributed by atoms with Gasteiger partial charge in [0.1, 0.15) is 5.01 Å². The maximum absolute atomic E-state index is 5.89. The van der Waals surface area contributed by atoms with Crippen LogP contribution in [0, 0.1) is 0 Å². The summed E-state index contributed by atoms with van der Waals surface area (Å²) < 4.78 is 0. The van der Waals surface area contributed by atoms with E-state index in [0.29, 0.717) is 11.2 Å². The van der Waals surface area contributed by atoms with Crippen LogP contribution in [0.15, 0.2) is 5.38 Å². The van der Waals surface area contributed by atoms with E-state index in [0.717, 1.165) is 0 Å². The standard InChI is InChI=1S/C11H18N2S2/c1-7(8(2)12)9-6-15-11(13-9)10-4-3-5-14-10/h6-8,10H,3-5,12H2,1-2H3. The highest BCUT2D eigenvalue weighted by atomic mass is 32.2. The van der Waals surface area contributed by atoms with E-state index in [1.54, 1.807) is 11.3 Å². The minimum atomic E-state index is 0.191.